The van der Waals surface area contributed by atoms with Gasteiger partial charge in [0.2, 0.25) is 0 Å². The topological polar surface area (TPSA) is 42.7 Å². The summed E-state index contributed by atoms with van der Waals surface area (Å²) in [6, 6.07) is 6.42. The third-order valence-electron chi connectivity index (χ3n) is 3.70. The van der Waals surface area contributed by atoms with E-state index in [1.807, 2.05) is 17.9 Å². The molecule has 0 radical (unpaired) electrons. The van der Waals surface area contributed by atoms with Gasteiger partial charge in [-0.15, -0.1) is 0 Å². The van der Waals surface area contributed by atoms with Crippen LogP contribution in [0.4, 0.5) is 0 Å². The molecule has 0 aliphatic heterocycles. The Kier molecular flexibility index (Phi) is 3.57. The summed E-state index contributed by atoms with van der Waals surface area (Å²) < 4.78 is 1.92. The van der Waals surface area contributed by atoms with Crippen LogP contribution >= 0.6 is 0 Å². The Labute approximate surface area is 120 Å². The molecule has 1 aliphatic carbocycles. The fraction of sp³-hybridized carbons (Fsp3) is 0.500. The van der Waals surface area contributed by atoms with Gasteiger partial charge < -0.3 is 5.32 Å². The van der Waals surface area contributed by atoms with Gasteiger partial charge in [0.1, 0.15) is 0 Å². The summed E-state index contributed by atoms with van der Waals surface area (Å²) in [5, 5.41) is 7.88. The SMILES string of the molecule is CNCc1cc(C(C)C)nc(-n2ccc(C3CC3)n2)c1. The van der Waals surface area contributed by atoms with E-state index in [-0.39, 0.29) is 0 Å². The minimum atomic E-state index is 0.420. The molecular formula is C16H22N4. The fourth-order valence-electron chi connectivity index (χ4n) is 2.38. The number of nitrogens with one attached hydrogen (secondary N) is 1. The van der Waals surface area contributed by atoms with Gasteiger partial charge >= 0.3 is 0 Å². The number of aromatic nitrogens is 3. The molecule has 3 rings (SSSR count). The summed E-state index contributed by atoms with van der Waals surface area (Å²) >= 11 is 0. The first-order chi connectivity index (χ1) is 9.67. The minimum absolute atomic E-state index is 0.420. The molecule has 20 heavy (non-hydrogen) atoms. The molecule has 1 fully saturated rings. The molecule has 2 heterocycles. The minimum Gasteiger partial charge on any atom is -0.316 e. The lowest BCUT2D eigenvalue weighted by molar-refractivity contribution is 0.753. The summed E-state index contributed by atoms with van der Waals surface area (Å²) in [7, 11) is 1.97. The van der Waals surface area contributed by atoms with Crippen LogP contribution in [0.2, 0.25) is 0 Å². The Balaban J connectivity index is 1.97. The van der Waals surface area contributed by atoms with Crippen LogP contribution in [-0.2, 0) is 6.54 Å². The number of pyridine rings is 1. The Bertz CT molecular complexity index is 596. The molecule has 0 saturated heterocycles. The van der Waals surface area contributed by atoms with E-state index in [9.17, 15) is 0 Å². The van der Waals surface area contributed by atoms with Crippen molar-refractivity contribution < 1.29 is 0 Å². The maximum atomic E-state index is 4.75. The maximum absolute atomic E-state index is 4.75. The highest BCUT2D eigenvalue weighted by molar-refractivity contribution is 5.32. The highest BCUT2D eigenvalue weighted by atomic mass is 15.3. The summed E-state index contributed by atoms with van der Waals surface area (Å²) in [5.41, 5.74) is 3.58. The average molecular weight is 270 g/mol. The van der Waals surface area contributed by atoms with E-state index in [1.165, 1.54) is 24.1 Å². The van der Waals surface area contributed by atoms with Crippen molar-refractivity contribution in [1.29, 1.82) is 0 Å². The lowest BCUT2D eigenvalue weighted by Gasteiger charge is -2.11. The molecule has 4 heteroatoms. The standard InChI is InChI=1S/C16H22N4/c1-11(2)15-8-12(10-17-3)9-16(18-15)20-7-6-14(19-20)13-4-5-13/h6-9,11,13,17H,4-5,10H2,1-3H3. The Morgan fingerprint density at radius 2 is 2.15 bits per heavy atom. The summed E-state index contributed by atoms with van der Waals surface area (Å²) in [4.78, 5) is 4.75. The average Bonchev–Trinajstić information content (AvgIpc) is 3.16. The molecule has 2 aromatic heterocycles. The molecule has 0 spiro atoms. The first-order valence-electron chi connectivity index (χ1n) is 7.38. The van der Waals surface area contributed by atoms with E-state index in [2.05, 4.69) is 42.5 Å². The van der Waals surface area contributed by atoms with Gasteiger partial charge in [-0.25, -0.2) is 9.67 Å². The van der Waals surface area contributed by atoms with E-state index in [1.54, 1.807) is 0 Å². The second kappa shape index (κ2) is 5.37. The van der Waals surface area contributed by atoms with Crippen LogP contribution in [0.1, 0.15) is 55.5 Å². The first-order valence-corrected chi connectivity index (χ1v) is 7.38. The van der Waals surface area contributed by atoms with Gasteiger partial charge in [-0.05, 0) is 49.6 Å². The molecule has 1 N–H and O–H groups in total. The third kappa shape index (κ3) is 2.75. The Morgan fingerprint density at radius 3 is 2.80 bits per heavy atom. The molecule has 1 saturated carbocycles. The van der Waals surface area contributed by atoms with Gasteiger partial charge in [0, 0.05) is 24.4 Å². The smallest absolute Gasteiger partial charge is 0.153 e. The van der Waals surface area contributed by atoms with E-state index >= 15 is 0 Å². The van der Waals surface area contributed by atoms with Crippen LogP contribution in [0.3, 0.4) is 0 Å². The van der Waals surface area contributed by atoms with Crippen molar-refractivity contribution in [2.45, 2.75) is 45.1 Å². The molecule has 2 aromatic rings. The van der Waals surface area contributed by atoms with Gasteiger partial charge in [-0.1, -0.05) is 13.8 Å². The zero-order valence-electron chi connectivity index (χ0n) is 12.4. The predicted octanol–water partition coefficient (Wildman–Crippen LogP) is 2.99. The van der Waals surface area contributed by atoms with Gasteiger partial charge in [0.25, 0.3) is 0 Å². The zero-order valence-corrected chi connectivity index (χ0v) is 12.4. The third-order valence-corrected chi connectivity index (χ3v) is 3.70. The first kappa shape index (κ1) is 13.3. The normalized spacial score (nSPS) is 15.0. The van der Waals surface area contributed by atoms with Crippen LogP contribution < -0.4 is 5.32 Å². The highest BCUT2D eigenvalue weighted by Gasteiger charge is 2.26. The monoisotopic (exact) mass is 270 g/mol. The summed E-state index contributed by atoms with van der Waals surface area (Å²) in [5.74, 6) is 2.03. The van der Waals surface area contributed by atoms with E-state index in [4.69, 9.17) is 4.98 Å². The van der Waals surface area contributed by atoms with Crippen LogP contribution in [0.25, 0.3) is 5.82 Å². The molecular weight excluding hydrogens is 248 g/mol. The molecule has 0 aromatic carbocycles. The number of nitrogens with zero attached hydrogens (tertiary/aromatic N) is 3. The van der Waals surface area contributed by atoms with Gasteiger partial charge in [-0.3, -0.25) is 0 Å². The molecule has 4 nitrogen and oxygen atoms in total. The highest BCUT2D eigenvalue weighted by Crippen LogP contribution is 2.39. The molecule has 0 amide bonds. The molecule has 106 valence electrons. The predicted molar refractivity (Wildman–Crippen MR) is 80.2 cm³/mol. The fourth-order valence-corrected chi connectivity index (χ4v) is 2.38. The van der Waals surface area contributed by atoms with E-state index in [0.29, 0.717) is 11.8 Å². The molecule has 0 unspecified atom stereocenters. The van der Waals surface area contributed by atoms with Crippen molar-refractivity contribution in [2.24, 2.45) is 0 Å². The van der Waals surface area contributed by atoms with Crippen LogP contribution in [0.5, 0.6) is 0 Å². The lowest BCUT2D eigenvalue weighted by Crippen LogP contribution is -2.09. The second-order valence-corrected chi connectivity index (χ2v) is 5.90. The number of hydrogen-bond acceptors (Lipinski definition) is 3. The van der Waals surface area contributed by atoms with Crippen molar-refractivity contribution in [3.05, 3.63) is 41.3 Å². The molecule has 1 aliphatic rings. The number of rotatable bonds is 5. The largest absolute Gasteiger partial charge is 0.316 e. The molecule has 0 bridgehead atoms. The van der Waals surface area contributed by atoms with Crippen LogP contribution in [0, 0.1) is 0 Å². The van der Waals surface area contributed by atoms with Crippen LogP contribution in [0.15, 0.2) is 24.4 Å². The van der Waals surface area contributed by atoms with E-state index in [0.717, 1.165) is 18.1 Å². The van der Waals surface area contributed by atoms with Crippen molar-refractivity contribution in [1.82, 2.24) is 20.1 Å². The van der Waals surface area contributed by atoms with Crippen LogP contribution in [-0.4, -0.2) is 21.8 Å². The maximum Gasteiger partial charge on any atom is 0.153 e. The molecule has 0 atom stereocenters. The van der Waals surface area contributed by atoms with Crippen molar-refractivity contribution in [3.8, 4) is 5.82 Å². The lowest BCUT2D eigenvalue weighted by atomic mass is 10.1. The van der Waals surface area contributed by atoms with Gasteiger partial charge in [0.05, 0.1) is 5.69 Å². The Hall–Kier alpha value is -1.68. The van der Waals surface area contributed by atoms with Gasteiger partial charge in [0.15, 0.2) is 5.82 Å². The van der Waals surface area contributed by atoms with E-state index < -0.39 is 0 Å². The summed E-state index contributed by atoms with van der Waals surface area (Å²) in [6.45, 7) is 5.20. The van der Waals surface area contributed by atoms with Gasteiger partial charge in [-0.2, -0.15) is 5.10 Å². The van der Waals surface area contributed by atoms with Crippen molar-refractivity contribution in [3.63, 3.8) is 0 Å². The summed E-state index contributed by atoms with van der Waals surface area (Å²) in [6.07, 6.45) is 4.59. The number of hydrogen-bond donors (Lipinski definition) is 1. The zero-order chi connectivity index (χ0) is 14.1. The Morgan fingerprint density at radius 1 is 1.35 bits per heavy atom. The quantitative estimate of drug-likeness (QED) is 0.908. The van der Waals surface area contributed by atoms with Crippen molar-refractivity contribution in [2.75, 3.05) is 7.05 Å². The van der Waals surface area contributed by atoms with Crippen molar-refractivity contribution >= 4 is 0 Å². The second-order valence-electron chi connectivity index (χ2n) is 5.90.